The van der Waals surface area contributed by atoms with Crippen molar-refractivity contribution in [1.29, 1.82) is 0 Å². The van der Waals surface area contributed by atoms with Gasteiger partial charge in [0.25, 0.3) is 0 Å². The number of aromatic nitrogens is 3. The van der Waals surface area contributed by atoms with Crippen molar-refractivity contribution in [3.8, 4) is 22.9 Å². The fraction of sp³-hybridized carbons (Fsp3) is 0.308. The number of nitrogens with zero attached hydrogens (tertiary/aromatic N) is 3. The normalized spacial score (nSPS) is 14.1. The molecule has 0 saturated heterocycles. The lowest BCUT2D eigenvalue weighted by Crippen LogP contribution is -2.00. The van der Waals surface area contributed by atoms with Crippen molar-refractivity contribution < 1.29 is 9.47 Å². The molecular formula is C26H27N3O2S. The van der Waals surface area contributed by atoms with E-state index in [4.69, 9.17) is 14.6 Å². The summed E-state index contributed by atoms with van der Waals surface area (Å²) in [5.41, 5.74) is 6.68. The first-order valence-electron chi connectivity index (χ1n) is 11.1. The molecule has 2 heterocycles. The molecule has 0 aliphatic heterocycles. The monoisotopic (exact) mass is 445 g/mol. The van der Waals surface area contributed by atoms with E-state index in [1.54, 1.807) is 11.3 Å². The minimum atomic E-state index is 0.508. The highest BCUT2D eigenvalue weighted by atomic mass is 32.1. The molecule has 32 heavy (non-hydrogen) atoms. The van der Waals surface area contributed by atoms with Crippen LogP contribution in [0.25, 0.3) is 5.69 Å². The van der Waals surface area contributed by atoms with Crippen LogP contribution >= 0.6 is 11.3 Å². The molecule has 0 spiro atoms. The Balaban J connectivity index is 1.28. The van der Waals surface area contributed by atoms with Crippen molar-refractivity contribution >= 4 is 11.3 Å². The van der Waals surface area contributed by atoms with E-state index in [1.165, 1.54) is 42.6 Å². The van der Waals surface area contributed by atoms with Gasteiger partial charge in [0.15, 0.2) is 0 Å². The molecular weight excluding hydrogens is 418 g/mol. The van der Waals surface area contributed by atoms with E-state index in [-0.39, 0.29) is 0 Å². The Morgan fingerprint density at radius 1 is 1.00 bits per heavy atom. The van der Waals surface area contributed by atoms with Gasteiger partial charge in [-0.25, -0.2) is 4.68 Å². The van der Waals surface area contributed by atoms with Gasteiger partial charge in [-0.1, -0.05) is 18.9 Å². The van der Waals surface area contributed by atoms with E-state index < -0.39 is 0 Å². The molecule has 5 rings (SSSR count). The summed E-state index contributed by atoms with van der Waals surface area (Å²) in [5, 5.41) is 4.98. The van der Waals surface area contributed by atoms with Gasteiger partial charge in [-0.05, 0) is 68.7 Å². The Labute approximate surface area is 192 Å². The highest BCUT2D eigenvalue weighted by Crippen LogP contribution is 2.36. The van der Waals surface area contributed by atoms with Gasteiger partial charge in [-0.15, -0.1) is 11.3 Å². The second-order valence-corrected chi connectivity index (χ2v) is 9.29. The number of rotatable bonds is 7. The van der Waals surface area contributed by atoms with Gasteiger partial charge >= 0.3 is 0 Å². The van der Waals surface area contributed by atoms with Gasteiger partial charge in [-0.3, -0.25) is 4.98 Å². The molecule has 0 atom stereocenters. The van der Waals surface area contributed by atoms with E-state index in [0.717, 1.165) is 27.8 Å². The largest absolute Gasteiger partial charge is 0.488 e. The lowest BCUT2D eigenvalue weighted by atomic mass is 10.00. The van der Waals surface area contributed by atoms with Crippen LogP contribution in [-0.4, -0.2) is 14.8 Å². The minimum Gasteiger partial charge on any atom is -0.488 e. The molecule has 5 nitrogen and oxygen atoms in total. The lowest BCUT2D eigenvalue weighted by Gasteiger charge is -2.10. The molecule has 1 saturated carbocycles. The molecule has 164 valence electrons. The molecule has 2 aromatic heterocycles. The fourth-order valence-electron chi connectivity index (χ4n) is 4.33. The lowest BCUT2D eigenvalue weighted by molar-refractivity contribution is 0.308. The maximum absolute atomic E-state index is 6.07. The molecule has 1 aliphatic rings. The van der Waals surface area contributed by atoms with Crippen LogP contribution in [0.2, 0.25) is 0 Å². The minimum absolute atomic E-state index is 0.508. The van der Waals surface area contributed by atoms with Crippen LogP contribution in [0.1, 0.15) is 53.4 Å². The maximum Gasteiger partial charge on any atom is 0.131 e. The first-order chi connectivity index (χ1) is 15.7. The van der Waals surface area contributed by atoms with Gasteiger partial charge in [-0.2, -0.15) is 5.10 Å². The molecule has 2 aromatic carbocycles. The van der Waals surface area contributed by atoms with Crippen LogP contribution in [0.5, 0.6) is 17.2 Å². The van der Waals surface area contributed by atoms with E-state index in [2.05, 4.69) is 35.6 Å². The van der Waals surface area contributed by atoms with Crippen LogP contribution in [0.3, 0.4) is 0 Å². The molecule has 4 aromatic rings. The summed E-state index contributed by atoms with van der Waals surface area (Å²) in [6.45, 7) is 4.87. The second kappa shape index (κ2) is 9.17. The standard InChI is InChI=1S/C26H27N3O2S/c1-18-19(2)29(28-26(18)20-6-3-4-7-20)21-10-12-22(13-11-21)31-24-9-5-8-23(14-24)30-16-25-15-27-17-32-25/h5,8-15,17,20H,3-4,6-7,16H2,1-2H3. The number of ether oxygens (including phenoxy) is 2. The van der Waals surface area contributed by atoms with Crippen molar-refractivity contribution in [3.05, 3.63) is 82.1 Å². The van der Waals surface area contributed by atoms with Gasteiger partial charge in [0.1, 0.15) is 23.9 Å². The van der Waals surface area contributed by atoms with Crippen LogP contribution in [0, 0.1) is 13.8 Å². The average molecular weight is 446 g/mol. The van der Waals surface area contributed by atoms with Crippen LogP contribution in [0.15, 0.2) is 60.2 Å². The van der Waals surface area contributed by atoms with Crippen LogP contribution < -0.4 is 9.47 Å². The second-order valence-electron chi connectivity index (χ2n) is 8.32. The zero-order valence-corrected chi connectivity index (χ0v) is 19.3. The Bertz CT molecular complexity index is 1180. The highest BCUT2D eigenvalue weighted by Gasteiger charge is 2.23. The third-order valence-electron chi connectivity index (χ3n) is 6.18. The molecule has 0 unspecified atom stereocenters. The molecule has 0 amide bonds. The predicted molar refractivity (Wildman–Crippen MR) is 127 cm³/mol. The number of thiazole rings is 1. The molecule has 0 radical (unpaired) electrons. The Kier molecular flexibility index (Phi) is 5.95. The van der Waals surface area contributed by atoms with E-state index in [0.29, 0.717) is 12.5 Å². The van der Waals surface area contributed by atoms with Gasteiger partial charge in [0, 0.05) is 23.9 Å². The summed E-state index contributed by atoms with van der Waals surface area (Å²) >= 11 is 1.58. The van der Waals surface area contributed by atoms with Gasteiger partial charge in [0.2, 0.25) is 0 Å². The van der Waals surface area contributed by atoms with E-state index in [9.17, 15) is 0 Å². The third kappa shape index (κ3) is 4.41. The fourth-order valence-corrected chi connectivity index (χ4v) is 4.83. The summed E-state index contributed by atoms with van der Waals surface area (Å²) in [7, 11) is 0. The summed E-state index contributed by atoms with van der Waals surface area (Å²) in [6.07, 6.45) is 6.99. The number of benzene rings is 2. The van der Waals surface area contributed by atoms with Crippen molar-refractivity contribution in [2.45, 2.75) is 52.1 Å². The van der Waals surface area contributed by atoms with E-state index >= 15 is 0 Å². The topological polar surface area (TPSA) is 49.2 Å². The molecule has 0 N–H and O–H groups in total. The zero-order valence-electron chi connectivity index (χ0n) is 18.5. The molecule has 6 heteroatoms. The quantitative estimate of drug-likeness (QED) is 0.308. The smallest absolute Gasteiger partial charge is 0.131 e. The highest BCUT2D eigenvalue weighted by molar-refractivity contribution is 7.09. The first-order valence-corrected chi connectivity index (χ1v) is 12.0. The van der Waals surface area contributed by atoms with Crippen molar-refractivity contribution in [1.82, 2.24) is 14.8 Å². The van der Waals surface area contributed by atoms with Gasteiger partial charge < -0.3 is 9.47 Å². The summed E-state index contributed by atoms with van der Waals surface area (Å²) in [5.74, 6) is 2.91. The summed E-state index contributed by atoms with van der Waals surface area (Å²) < 4.78 is 14.0. The van der Waals surface area contributed by atoms with Crippen molar-refractivity contribution in [2.75, 3.05) is 0 Å². The third-order valence-corrected chi connectivity index (χ3v) is 6.93. The zero-order chi connectivity index (χ0) is 21.9. The molecule has 1 fully saturated rings. The van der Waals surface area contributed by atoms with Crippen molar-refractivity contribution in [2.24, 2.45) is 0 Å². The predicted octanol–water partition coefficient (Wildman–Crippen LogP) is 6.97. The Morgan fingerprint density at radius 2 is 1.78 bits per heavy atom. The molecule has 1 aliphatic carbocycles. The van der Waals surface area contributed by atoms with Crippen molar-refractivity contribution in [3.63, 3.8) is 0 Å². The van der Waals surface area contributed by atoms with E-state index in [1.807, 2.05) is 48.1 Å². The maximum atomic E-state index is 6.07. The number of hydrogen-bond donors (Lipinski definition) is 0. The summed E-state index contributed by atoms with van der Waals surface area (Å²) in [6, 6.07) is 15.8. The molecule has 0 bridgehead atoms. The van der Waals surface area contributed by atoms with Crippen LogP contribution in [-0.2, 0) is 6.61 Å². The first kappa shape index (κ1) is 20.8. The number of hydrogen-bond acceptors (Lipinski definition) is 5. The average Bonchev–Trinajstić information content (AvgIpc) is 3.57. The van der Waals surface area contributed by atoms with Crippen LogP contribution in [0.4, 0.5) is 0 Å². The van der Waals surface area contributed by atoms with Gasteiger partial charge in [0.05, 0.1) is 21.8 Å². The Hall–Kier alpha value is -3.12. The Morgan fingerprint density at radius 3 is 2.53 bits per heavy atom. The summed E-state index contributed by atoms with van der Waals surface area (Å²) in [4.78, 5) is 5.17. The SMILES string of the molecule is Cc1c(C2CCCC2)nn(-c2ccc(Oc3cccc(OCc4cncs4)c3)cc2)c1C.